The minimum absolute atomic E-state index is 0.780. The topological polar surface area (TPSA) is 50.3 Å². The SMILES string of the molecule is Cc1sc2nc(CN3CCOCC3)nc(NCCSc3ccccc3)c2c1C. The van der Waals surface area contributed by atoms with Crippen LogP contribution in [0.4, 0.5) is 5.82 Å². The summed E-state index contributed by atoms with van der Waals surface area (Å²) >= 11 is 3.63. The number of anilines is 1. The number of nitrogens with zero attached hydrogens (tertiary/aromatic N) is 3. The maximum atomic E-state index is 5.46. The predicted octanol–water partition coefficient (Wildman–Crippen LogP) is 4.34. The van der Waals surface area contributed by atoms with Crippen LogP contribution in [-0.2, 0) is 11.3 Å². The Balaban J connectivity index is 1.49. The fourth-order valence-electron chi connectivity index (χ4n) is 3.31. The van der Waals surface area contributed by atoms with E-state index in [2.05, 4.69) is 54.4 Å². The van der Waals surface area contributed by atoms with E-state index in [1.165, 1.54) is 20.7 Å². The van der Waals surface area contributed by atoms with Crippen molar-refractivity contribution in [3.05, 3.63) is 46.6 Å². The fraction of sp³-hybridized carbons (Fsp3) is 0.429. The number of thiophene rings is 1. The van der Waals surface area contributed by atoms with E-state index in [1.807, 2.05) is 11.8 Å². The van der Waals surface area contributed by atoms with Crippen LogP contribution in [0.1, 0.15) is 16.3 Å². The molecule has 3 heterocycles. The maximum Gasteiger partial charge on any atom is 0.146 e. The molecule has 1 aromatic carbocycles. The second-order valence-electron chi connectivity index (χ2n) is 6.93. The van der Waals surface area contributed by atoms with E-state index < -0.39 is 0 Å². The molecule has 0 radical (unpaired) electrons. The second kappa shape index (κ2) is 9.22. The average Bonchev–Trinajstić information content (AvgIpc) is 3.00. The highest BCUT2D eigenvalue weighted by atomic mass is 32.2. The summed E-state index contributed by atoms with van der Waals surface area (Å²) in [6.07, 6.45) is 0. The zero-order valence-electron chi connectivity index (χ0n) is 16.4. The summed E-state index contributed by atoms with van der Waals surface area (Å²) < 4.78 is 5.46. The third kappa shape index (κ3) is 4.66. The van der Waals surface area contributed by atoms with Gasteiger partial charge in [0.15, 0.2) is 0 Å². The Morgan fingerprint density at radius 2 is 1.93 bits per heavy atom. The minimum atomic E-state index is 0.780. The highest BCUT2D eigenvalue weighted by Crippen LogP contribution is 2.33. The Bertz CT molecular complexity index is 923. The van der Waals surface area contributed by atoms with Gasteiger partial charge < -0.3 is 10.1 Å². The van der Waals surface area contributed by atoms with E-state index in [4.69, 9.17) is 14.7 Å². The zero-order chi connectivity index (χ0) is 19.3. The smallest absolute Gasteiger partial charge is 0.146 e. The maximum absolute atomic E-state index is 5.46. The first-order chi connectivity index (χ1) is 13.7. The highest BCUT2D eigenvalue weighted by Gasteiger charge is 2.17. The van der Waals surface area contributed by atoms with Gasteiger partial charge in [-0.2, -0.15) is 0 Å². The molecule has 0 atom stereocenters. The molecule has 0 spiro atoms. The molecule has 28 heavy (non-hydrogen) atoms. The number of hydrogen-bond donors (Lipinski definition) is 1. The molecule has 1 fully saturated rings. The summed E-state index contributed by atoms with van der Waals surface area (Å²) in [6.45, 7) is 9.46. The van der Waals surface area contributed by atoms with Crippen molar-refractivity contribution in [3.63, 3.8) is 0 Å². The first-order valence-corrected chi connectivity index (χ1v) is 11.5. The van der Waals surface area contributed by atoms with Gasteiger partial charge >= 0.3 is 0 Å². The number of fused-ring (bicyclic) bond motifs is 1. The molecule has 1 aliphatic rings. The van der Waals surface area contributed by atoms with Gasteiger partial charge in [0.05, 0.1) is 25.1 Å². The summed E-state index contributed by atoms with van der Waals surface area (Å²) in [5.41, 5.74) is 1.29. The lowest BCUT2D eigenvalue weighted by Crippen LogP contribution is -2.36. The minimum Gasteiger partial charge on any atom is -0.379 e. The quantitative estimate of drug-likeness (QED) is 0.458. The molecule has 2 aromatic heterocycles. The van der Waals surface area contributed by atoms with Gasteiger partial charge in [0.1, 0.15) is 16.5 Å². The van der Waals surface area contributed by atoms with Crippen molar-refractivity contribution in [1.82, 2.24) is 14.9 Å². The van der Waals surface area contributed by atoms with E-state index in [1.54, 1.807) is 11.3 Å². The molecule has 1 saturated heterocycles. The van der Waals surface area contributed by atoms with E-state index in [9.17, 15) is 0 Å². The van der Waals surface area contributed by atoms with Crippen molar-refractivity contribution in [1.29, 1.82) is 0 Å². The van der Waals surface area contributed by atoms with Crippen molar-refractivity contribution < 1.29 is 4.74 Å². The summed E-state index contributed by atoms with van der Waals surface area (Å²) in [7, 11) is 0. The fourth-order valence-corrected chi connectivity index (χ4v) is 5.14. The Labute approximate surface area is 174 Å². The largest absolute Gasteiger partial charge is 0.379 e. The van der Waals surface area contributed by atoms with Gasteiger partial charge in [-0.05, 0) is 31.5 Å². The summed E-state index contributed by atoms with van der Waals surface area (Å²) in [5, 5.41) is 4.76. The molecule has 4 rings (SSSR count). The first-order valence-electron chi connectivity index (χ1n) is 9.69. The number of aryl methyl sites for hydroxylation is 2. The van der Waals surface area contributed by atoms with Crippen LogP contribution >= 0.6 is 23.1 Å². The second-order valence-corrected chi connectivity index (χ2v) is 9.30. The number of hydrogen-bond acceptors (Lipinski definition) is 7. The van der Waals surface area contributed by atoms with Crippen LogP contribution in [0.2, 0.25) is 0 Å². The Morgan fingerprint density at radius 1 is 1.14 bits per heavy atom. The number of ether oxygens (including phenoxy) is 1. The Morgan fingerprint density at radius 3 is 2.71 bits per heavy atom. The van der Waals surface area contributed by atoms with E-state index in [-0.39, 0.29) is 0 Å². The molecule has 5 nitrogen and oxygen atoms in total. The molecule has 0 aliphatic carbocycles. The van der Waals surface area contributed by atoms with Gasteiger partial charge in [-0.3, -0.25) is 4.90 Å². The summed E-state index contributed by atoms with van der Waals surface area (Å²) in [5.74, 6) is 2.87. The molecule has 0 unspecified atom stereocenters. The molecule has 148 valence electrons. The van der Waals surface area contributed by atoms with E-state index >= 15 is 0 Å². The van der Waals surface area contributed by atoms with Gasteiger partial charge in [-0.15, -0.1) is 23.1 Å². The Kier molecular flexibility index (Phi) is 6.47. The molecule has 0 amide bonds. The first kappa shape index (κ1) is 19.6. The van der Waals surface area contributed by atoms with Gasteiger partial charge in [0.25, 0.3) is 0 Å². The van der Waals surface area contributed by atoms with Crippen molar-refractivity contribution in [3.8, 4) is 0 Å². The van der Waals surface area contributed by atoms with E-state index in [0.29, 0.717) is 0 Å². The molecule has 7 heteroatoms. The van der Waals surface area contributed by atoms with Gasteiger partial charge in [0.2, 0.25) is 0 Å². The van der Waals surface area contributed by atoms with E-state index in [0.717, 1.165) is 61.6 Å². The van der Waals surface area contributed by atoms with Gasteiger partial charge in [-0.25, -0.2) is 9.97 Å². The van der Waals surface area contributed by atoms with Crippen LogP contribution in [0.25, 0.3) is 10.2 Å². The third-order valence-electron chi connectivity index (χ3n) is 4.95. The van der Waals surface area contributed by atoms with Crippen LogP contribution in [0, 0.1) is 13.8 Å². The zero-order valence-corrected chi connectivity index (χ0v) is 18.0. The van der Waals surface area contributed by atoms with Crippen molar-refractivity contribution in [2.24, 2.45) is 0 Å². The number of aromatic nitrogens is 2. The lowest BCUT2D eigenvalue weighted by atomic mass is 10.2. The third-order valence-corrected chi connectivity index (χ3v) is 7.07. The molecule has 0 saturated carbocycles. The monoisotopic (exact) mass is 414 g/mol. The number of nitrogens with one attached hydrogen (secondary N) is 1. The molecule has 1 aliphatic heterocycles. The van der Waals surface area contributed by atoms with Crippen LogP contribution in [0.15, 0.2) is 35.2 Å². The number of thioether (sulfide) groups is 1. The van der Waals surface area contributed by atoms with Gasteiger partial charge in [0, 0.05) is 35.2 Å². The van der Waals surface area contributed by atoms with Crippen LogP contribution in [0.3, 0.4) is 0 Å². The molecule has 1 N–H and O–H groups in total. The average molecular weight is 415 g/mol. The highest BCUT2D eigenvalue weighted by molar-refractivity contribution is 7.99. The summed E-state index contributed by atoms with van der Waals surface area (Å²) in [6, 6.07) is 10.5. The van der Waals surface area contributed by atoms with Crippen molar-refractivity contribution in [2.45, 2.75) is 25.3 Å². The predicted molar refractivity (Wildman–Crippen MR) is 119 cm³/mol. The lowest BCUT2D eigenvalue weighted by Gasteiger charge is -2.25. The standard InChI is InChI=1S/C21H26N4OS2/c1-15-16(2)28-21-19(15)20(22-8-13-27-17-6-4-3-5-7-17)23-18(24-21)14-25-9-11-26-12-10-25/h3-7H,8-14H2,1-2H3,(H,22,23,24). The van der Waals surface area contributed by atoms with Crippen LogP contribution < -0.4 is 5.32 Å². The van der Waals surface area contributed by atoms with Gasteiger partial charge in [-0.1, -0.05) is 18.2 Å². The molecule has 0 bridgehead atoms. The molecular weight excluding hydrogens is 388 g/mol. The summed E-state index contributed by atoms with van der Waals surface area (Å²) in [4.78, 5) is 15.8. The lowest BCUT2D eigenvalue weighted by molar-refractivity contribution is 0.0331. The van der Waals surface area contributed by atoms with Crippen LogP contribution in [-0.4, -0.2) is 53.5 Å². The molecule has 3 aromatic rings. The van der Waals surface area contributed by atoms with Crippen LogP contribution in [0.5, 0.6) is 0 Å². The normalized spacial score (nSPS) is 15.2. The number of morpholine rings is 1. The van der Waals surface area contributed by atoms with Crippen molar-refractivity contribution >= 4 is 39.1 Å². The van der Waals surface area contributed by atoms with Crippen molar-refractivity contribution in [2.75, 3.05) is 43.9 Å². The molecular formula is C21H26N4OS2. The number of rotatable bonds is 7. The number of benzene rings is 1. The Hall–Kier alpha value is -1.67.